The maximum Gasteiger partial charge on any atom is 0.269 e. The van der Waals surface area contributed by atoms with Gasteiger partial charge >= 0.3 is 0 Å². The van der Waals surface area contributed by atoms with E-state index in [1.54, 1.807) is 0 Å². The van der Waals surface area contributed by atoms with E-state index < -0.39 is 22.8 Å². The quantitative estimate of drug-likeness (QED) is 0.356. The zero-order valence-electron chi connectivity index (χ0n) is 16.6. The summed E-state index contributed by atoms with van der Waals surface area (Å²) < 4.78 is 0. The van der Waals surface area contributed by atoms with Crippen LogP contribution < -0.4 is 21.3 Å². The Morgan fingerprint density at radius 1 is 1.24 bits per heavy atom. The number of nitrogens with one attached hydrogen (secondary N) is 4. The van der Waals surface area contributed by atoms with Crippen LogP contribution in [0.25, 0.3) is 0 Å². The van der Waals surface area contributed by atoms with Crippen LogP contribution in [0.5, 0.6) is 0 Å². The van der Waals surface area contributed by atoms with Gasteiger partial charge in [0.1, 0.15) is 6.04 Å². The van der Waals surface area contributed by atoms with E-state index in [-0.39, 0.29) is 30.1 Å². The molecule has 1 heterocycles. The van der Waals surface area contributed by atoms with E-state index in [1.807, 2.05) is 13.8 Å². The molecule has 0 aliphatic carbocycles. The van der Waals surface area contributed by atoms with Gasteiger partial charge in [0.15, 0.2) is 0 Å². The van der Waals surface area contributed by atoms with Gasteiger partial charge in [0.25, 0.3) is 5.69 Å². The summed E-state index contributed by atoms with van der Waals surface area (Å²) >= 11 is 0. The predicted molar refractivity (Wildman–Crippen MR) is 107 cm³/mol. The lowest BCUT2D eigenvalue weighted by molar-refractivity contribution is -0.384. The van der Waals surface area contributed by atoms with Gasteiger partial charge < -0.3 is 21.3 Å². The highest BCUT2D eigenvalue weighted by Gasteiger charge is 2.28. The number of nitro groups is 1. The third-order valence-electron chi connectivity index (χ3n) is 4.50. The second kappa shape index (κ2) is 10.5. The zero-order valence-corrected chi connectivity index (χ0v) is 16.6. The molecule has 0 spiro atoms. The first kappa shape index (κ1) is 22.3. The minimum Gasteiger partial charge on any atom is -0.345 e. The molecule has 3 amide bonds. The second-order valence-electron chi connectivity index (χ2n) is 7.41. The number of anilines is 1. The fraction of sp³-hybridized carbons (Fsp3) is 0.526. The summed E-state index contributed by atoms with van der Waals surface area (Å²) in [5.41, 5.74) is 0.300. The molecule has 2 atom stereocenters. The first-order valence-electron chi connectivity index (χ1n) is 9.62. The molecule has 1 aromatic carbocycles. The van der Waals surface area contributed by atoms with Crippen molar-refractivity contribution in [3.8, 4) is 0 Å². The van der Waals surface area contributed by atoms with Gasteiger partial charge in [-0.25, -0.2) is 0 Å². The van der Waals surface area contributed by atoms with E-state index in [9.17, 15) is 24.5 Å². The predicted octanol–water partition coefficient (Wildman–Crippen LogP) is 0.932. The van der Waals surface area contributed by atoms with E-state index in [4.69, 9.17) is 0 Å². The highest BCUT2D eigenvalue weighted by molar-refractivity contribution is 5.96. The minimum atomic E-state index is -0.725. The number of carbonyl (C=O) groups excluding carboxylic acids is 3. The van der Waals surface area contributed by atoms with E-state index >= 15 is 0 Å². The van der Waals surface area contributed by atoms with Crippen LogP contribution >= 0.6 is 0 Å². The molecular weight excluding hydrogens is 378 g/mol. The molecule has 0 bridgehead atoms. The average molecular weight is 405 g/mol. The number of non-ortho nitro benzene ring substituents is 1. The van der Waals surface area contributed by atoms with Crippen molar-refractivity contribution in [2.45, 2.75) is 45.2 Å². The molecule has 0 radical (unpaired) electrons. The molecule has 4 N–H and O–H groups in total. The van der Waals surface area contributed by atoms with Crippen LogP contribution in [0.3, 0.4) is 0 Å². The van der Waals surface area contributed by atoms with Gasteiger partial charge in [-0.05, 0) is 43.9 Å². The van der Waals surface area contributed by atoms with E-state index in [2.05, 4.69) is 21.3 Å². The summed E-state index contributed by atoms with van der Waals surface area (Å²) in [5, 5.41) is 21.6. The molecule has 2 rings (SSSR count). The topological polar surface area (TPSA) is 142 Å². The summed E-state index contributed by atoms with van der Waals surface area (Å²) in [7, 11) is 0. The van der Waals surface area contributed by atoms with Gasteiger partial charge in [0.2, 0.25) is 17.7 Å². The molecule has 158 valence electrons. The molecule has 1 saturated heterocycles. The van der Waals surface area contributed by atoms with Crippen LogP contribution in [-0.4, -0.2) is 47.8 Å². The Balaban J connectivity index is 1.86. The van der Waals surface area contributed by atoms with Gasteiger partial charge in [-0.3, -0.25) is 24.5 Å². The molecule has 1 aliphatic heterocycles. The third-order valence-corrected chi connectivity index (χ3v) is 4.50. The Kier molecular flexibility index (Phi) is 8.08. The van der Waals surface area contributed by atoms with Crippen LogP contribution in [0.2, 0.25) is 0 Å². The average Bonchev–Trinajstić information content (AvgIpc) is 3.20. The summed E-state index contributed by atoms with van der Waals surface area (Å²) in [6.07, 6.45) is 2.11. The molecule has 0 saturated carbocycles. The van der Waals surface area contributed by atoms with Crippen LogP contribution in [0.1, 0.15) is 33.1 Å². The Morgan fingerprint density at radius 2 is 1.93 bits per heavy atom. The van der Waals surface area contributed by atoms with E-state index in [0.717, 1.165) is 19.4 Å². The van der Waals surface area contributed by atoms with Gasteiger partial charge in [0.05, 0.1) is 17.5 Å². The van der Waals surface area contributed by atoms with Gasteiger partial charge in [-0.2, -0.15) is 0 Å². The van der Waals surface area contributed by atoms with Crippen molar-refractivity contribution in [2.24, 2.45) is 5.92 Å². The molecule has 1 aliphatic rings. The lowest BCUT2D eigenvalue weighted by Gasteiger charge is -2.22. The van der Waals surface area contributed by atoms with Crippen molar-refractivity contribution in [3.05, 3.63) is 34.4 Å². The van der Waals surface area contributed by atoms with Crippen molar-refractivity contribution in [2.75, 3.05) is 18.4 Å². The standard InChI is InChI=1S/C19H27N5O5/c1-12(2)10-16(23-19(27)15-4-3-9-20-15)18(26)21-11-17(25)22-13-5-7-14(8-6-13)24(28)29/h5-8,12,15-16,20H,3-4,9-11H2,1-2H3,(H,21,26)(H,22,25)(H,23,27). The molecule has 1 fully saturated rings. The number of nitro benzene ring substituents is 1. The van der Waals surface area contributed by atoms with Crippen molar-refractivity contribution in [3.63, 3.8) is 0 Å². The number of hydrogen-bond acceptors (Lipinski definition) is 6. The Hall–Kier alpha value is -3.01. The fourth-order valence-electron chi connectivity index (χ4n) is 3.05. The smallest absolute Gasteiger partial charge is 0.269 e. The lowest BCUT2D eigenvalue weighted by atomic mass is 10.0. The number of benzene rings is 1. The first-order chi connectivity index (χ1) is 13.8. The molecule has 10 heteroatoms. The second-order valence-corrected chi connectivity index (χ2v) is 7.41. The Morgan fingerprint density at radius 3 is 2.48 bits per heavy atom. The SMILES string of the molecule is CC(C)CC(NC(=O)C1CCCN1)C(=O)NCC(=O)Nc1ccc([N+](=O)[O-])cc1. The summed E-state index contributed by atoms with van der Waals surface area (Å²) in [6, 6.07) is 4.36. The molecule has 2 unspecified atom stereocenters. The highest BCUT2D eigenvalue weighted by Crippen LogP contribution is 2.15. The summed E-state index contributed by atoms with van der Waals surface area (Å²) in [4.78, 5) is 47.0. The molecular formula is C19H27N5O5. The number of amides is 3. The normalized spacial score (nSPS) is 16.9. The first-order valence-corrected chi connectivity index (χ1v) is 9.62. The fourth-order valence-corrected chi connectivity index (χ4v) is 3.05. The summed E-state index contributed by atoms with van der Waals surface area (Å²) in [6.45, 7) is 4.40. The number of hydrogen-bond donors (Lipinski definition) is 4. The molecule has 1 aromatic rings. The molecule has 0 aromatic heterocycles. The maximum absolute atomic E-state index is 12.5. The van der Waals surface area contributed by atoms with Gasteiger partial charge in [-0.1, -0.05) is 13.8 Å². The van der Waals surface area contributed by atoms with Crippen LogP contribution in [0.4, 0.5) is 11.4 Å². The number of carbonyl (C=O) groups is 3. The van der Waals surface area contributed by atoms with Crippen molar-refractivity contribution < 1.29 is 19.3 Å². The molecule has 10 nitrogen and oxygen atoms in total. The van der Waals surface area contributed by atoms with E-state index in [1.165, 1.54) is 24.3 Å². The van der Waals surface area contributed by atoms with Crippen molar-refractivity contribution in [1.82, 2.24) is 16.0 Å². The monoisotopic (exact) mass is 405 g/mol. The number of nitrogens with zero attached hydrogens (tertiary/aromatic N) is 1. The maximum atomic E-state index is 12.5. The van der Waals surface area contributed by atoms with Crippen LogP contribution in [0, 0.1) is 16.0 Å². The van der Waals surface area contributed by atoms with Crippen LogP contribution in [-0.2, 0) is 14.4 Å². The highest BCUT2D eigenvalue weighted by atomic mass is 16.6. The Labute approximate surface area is 169 Å². The van der Waals surface area contributed by atoms with Gasteiger partial charge in [0, 0.05) is 17.8 Å². The van der Waals surface area contributed by atoms with Crippen LogP contribution in [0.15, 0.2) is 24.3 Å². The summed E-state index contributed by atoms with van der Waals surface area (Å²) in [5.74, 6) is -0.932. The van der Waals surface area contributed by atoms with Crippen molar-refractivity contribution in [1.29, 1.82) is 0 Å². The largest absolute Gasteiger partial charge is 0.345 e. The number of rotatable bonds is 9. The van der Waals surface area contributed by atoms with E-state index in [0.29, 0.717) is 12.1 Å². The van der Waals surface area contributed by atoms with Gasteiger partial charge in [-0.15, -0.1) is 0 Å². The third kappa shape index (κ3) is 7.15. The van der Waals surface area contributed by atoms with Crippen molar-refractivity contribution >= 4 is 29.1 Å². The molecule has 29 heavy (non-hydrogen) atoms. The lowest BCUT2D eigenvalue weighted by Crippen LogP contribution is -2.52. The Bertz CT molecular complexity index is 744. The minimum absolute atomic E-state index is 0.0830. The zero-order chi connectivity index (χ0) is 21.4.